The van der Waals surface area contributed by atoms with Gasteiger partial charge in [0.25, 0.3) is 0 Å². The molecule has 2 N–H and O–H groups in total. The lowest BCUT2D eigenvalue weighted by atomic mass is 9.90. The smallest absolute Gasteiger partial charge is 0.321 e. The molecule has 0 fully saturated rings. The number of halogens is 4. The van der Waals surface area contributed by atoms with Crippen molar-refractivity contribution in [3.8, 4) is 0 Å². The zero-order valence-corrected chi connectivity index (χ0v) is 11.9. The molecule has 5 heteroatoms. The molecule has 0 bridgehead atoms. The molecule has 1 aromatic rings. The Kier molecular flexibility index (Phi) is 4.36. The van der Waals surface area contributed by atoms with Gasteiger partial charge in [0.2, 0.25) is 0 Å². The molecule has 1 aliphatic rings. The van der Waals surface area contributed by atoms with E-state index in [-0.39, 0.29) is 0 Å². The zero-order valence-electron chi connectivity index (χ0n) is 10.3. The molecule has 0 heterocycles. The predicted molar refractivity (Wildman–Crippen MR) is 72.6 cm³/mol. The van der Waals surface area contributed by atoms with Gasteiger partial charge in [-0.2, -0.15) is 13.2 Å². The minimum Gasteiger partial charge on any atom is -0.321 e. The number of benzene rings is 1. The fraction of sp³-hybridized carbons (Fsp3) is 0.429. The molecule has 1 unspecified atom stereocenters. The molecule has 1 aromatic carbocycles. The Bertz CT molecular complexity index is 494. The van der Waals surface area contributed by atoms with Crippen LogP contribution in [-0.4, -0.2) is 0 Å². The molecular formula is C14H15BrF3N. The third kappa shape index (κ3) is 3.39. The Hall–Kier alpha value is -0.810. The first-order valence-corrected chi connectivity index (χ1v) is 7.00. The number of hydrogen-bond donors (Lipinski definition) is 1. The van der Waals surface area contributed by atoms with E-state index in [1.54, 1.807) is 0 Å². The largest absolute Gasteiger partial charge is 0.416 e. The number of nitrogens with two attached hydrogens (primary N) is 1. The molecule has 0 saturated carbocycles. The van der Waals surface area contributed by atoms with Crippen LogP contribution in [0.1, 0.15) is 42.9 Å². The van der Waals surface area contributed by atoms with Gasteiger partial charge in [0.1, 0.15) is 0 Å². The van der Waals surface area contributed by atoms with Crippen LogP contribution in [0.4, 0.5) is 13.2 Å². The number of rotatable bonds is 2. The highest BCUT2D eigenvalue weighted by atomic mass is 79.9. The Balaban J connectivity index is 2.35. The lowest BCUT2D eigenvalue weighted by molar-refractivity contribution is -0.137. The van der Waals surface area contributed by atoms with Crippen LogP contribution in [-0.2, 0) is 6.18 Å². The van der Waals surface area contributed by atoms with Gasteiger partial charge in [-0.3, -0.25) is 0 Å². The molecule has 1 atom stereocenters. The number of alkyl halides is 3. The van der Waals surface area contributed by atoms with E-state index < -0.39 is 17.8 Å². The molecule has 1 aliphatic carbocycles. The Morgan fingerprint density at radius 1 is 1.21 bits per heavy atom. The lowest BCUT2D eigenvalue weighted by Gasteiger charge is -2.22. The summed E-state index contributed by atoms with van der Waals surface area (Å²) in [5.74, 6) is 0. The second-order valence-corrected chi connectivity index (χ2v) is 5.59. The van der Waals surface area contributed by atoms with Gasteiger partial charge < -0.3 is 5.73 Å². The van der Waals surface area contributed by atoms with Crippen LogP contribution in [0.5, 0.6) is 0 Å². The van der Waals surface area contributed by atoms with Gasteiger partial charge in [-0.1, -0.05) is 27.6 Å². The van der Waals surface area contributed by atoms with Crippen molar-refractivity contribution in [3.05, 3.63) is 45.4 Å². The topological polar surface area (TPSA) is 26.0 Å². The summed E-state index contributed by atoms with van der Waals surface area (Å²) in [5.41, 5.74) is 7.00. The first-order valence-electron chi connectivity index (χ1n) is 6.21. The van der Waals surface area contributed by atoms with Gasteiger partial charge >= 0.3 is 6.18 Å². The van der Waals surface area contributed by atoms with Crippen molar-refractivity contribution in [2.24, 2.45) is 5.73 Å². The van der Waals surface area contributed by atoms with Crippen LogP contribution in [0, 0.1) is 0 Å². The van der Waals surface area contributed by atoms with E-state index in [1.807, 2.05) is 0 Å². The monoisotopic (exact) mass is 333 g/mol. The fourth-order valence-electron chi connectivity index (χ4n) is 2.30. The fourth-order valence-corrected chi connectivity index (χ4v) is 2.80. The maximum atomic E-state index is 12.7. The van der Waals surface area contributed by atoms with Gasteiger partial charge in [-0.25, -0.2) is 0 Å². The number of hydrogen-bond acceptors (Lipinski definition) is 1. The van der Waals surface area contributed by atoms with Crippen LogP contribution in [0.2, 0.25) is 0 Å². The van der Waals surface area contributed by atoms with Gasteiger partial charge in [0.15, 0.2) is 0 Å². The Labute approximate surface area is 118 Å². The van der Waals surface area contributed by atoms with Crippen LogP contribution in [0.25, 0.3) is 0 Å². The number of allylic oxidation sites excluding steroid dienone is 1. The average molecular weight is 334 g/mol. The van der Waals surface area contributed by atoms with Crippen molar-refractivity contribution >= 4 is 15.9 Å². The second-order valence-electron chi connectivity index (χ2n) is 4.74. The van der Waals surface area contributed by atoms with Gasteiger partial charge in [-0.05, 0) is 49.4 Å². The summed E-state index contributed by atoms with van der Waals surface area (Å²) in [6.07, 6.45) is 1.72. The van der Waals surface area contributed by atoms with Gasteiger partial charge in [0, 0.05) is 4.47 Å². The van der Waals surface area contributed by atoms with E-state index in [4.69, 9.17) is 5.73 Å². The minimum atomic E-state index is -4.34. The molecule has 1 nitrogen and oxygen atoms in total. The third-order valence-electron chi connectivity index (χ3n) is 3.38. The van der Waals surface area contributed by atoms with Crippen molar-refractivity contribution in [1.82, 2.24) is 0 Å². The van der Waals surface area contributed by atoms with Crippen molar-refractivity contribution in [1.29, 1.82) is 0 Å². The molecule has 0 radical (unpaired) electrons. The van der Waals surface area contributed by atoms with Crippen molar-refractivity contribution in [2.75, 3.05) is 0 Å². The highest BCUT2D eigenvalue weighted by molar-refractivity contribution is 9.10. The van der Waals surface area contributed by atoms with E-state index in [2.05, 4.69) is 22.0 Å². The average Bonchev–Trinajstić information content (AvgIpc) is 2.38. The summed E-state index contributed by atoms with van der Waals surface area (Å²) >= 11 is 3.29. The maximum absolute atomic E-state index is 12.7. The molecule has 0 saturated heterocycles. The van der Waals surface area contributed by atoms with Crippen molar-refractivity contribution in [2.45, 2.75) is 37.9 Å². The molecule has 0 aromatic heterocycles. The van der Waals surface area contributed by atoms with E-state index in [9.17, 15) is 13.2 Å². The first kappa shape index (κ1) is 14.6. The maximum Gasteiger partial charge on any atom is 0.416 e. The summed E-state index contributed by atoms with van der Waals surface area (Å²) in [6.45, 7) is 0. The van der Waals surface area contributed by atoms with Crippen LogP contribution >= 0.6 is 15.9 Å². The highest BCUT2D eigenvalue weighted by Gasteiger charge is 2.31. The normalized spacial score (nSPS) is 18.1. The summed E-state index contributed by atoms with van der Waals surface area (Å²) < 4.78 is 38.8. The van der Waals surface area contributed by atoms with Gasteiger partial charge in [0.05, 0.1) is 11.6 Å². The SMILES string of the molecule is NC(C1=CCCCC1)c1cc(C(F)(F)F)ccc1Br. The molecule has 19 heavy (non-hydrogen) atoms. The van der Waals surface area contributed by atoms with E-state index in [1.165, 1.54) is 6.07 Å². The minimum absolute atomic E-state index is 0.461. The molecule has 2 rings (SSSR count). The molecule has 0 amide bonds. The highest BCUT2D eigenvalue weighted by Crippen LogP contribution is 2.36. The zero-order chi connectivity index (χ0) is 14.0. The second kappa shape index (κ2) is 5.67. The van der Waals surface area contributed by atoms with E-state index >= 15 is 0 Å². The van der Waals surface area contributed by atoms with E-state index in [0.29, 0.717) is 10.0 Å². The molecule has 0 spiro atoms. The van der Waals surface area contributed by atoms with Gasteiger partial charge in [-0.15, -0.1) is 0 Å². The van der Waals surface area contributed by atoms with Crippen LogP contribution in [0.15, 0.2) is 34.3 Å². The molecule has 104 valence electrons. The molecular weight excluding hydrogens is 319 g/mol. The Morgan fingerprint density at radius 3 is 2.53 bits per heavy atom. The summed E-state index contributed by atoms with van der Waals surface area (Å²) in [5, 5.41) is 0. The lowest BCUT2D eigenvalue weighted by Crippen LogP contribution is -2.17. The summed E-state index contributed by atoms with van der Waals surface area (Å²) in [6, 6.07) is 3.17. The predicted octanol–water partition coefficient (Wildman–Crippen LogP) is 4.97. The molecule has 0 aliphatic heterocycles. The van der Waals surface area contributed by atoms with E-state index in [0.717, 1.165) is 43.4 Å². The third-order valence-corrected chi connectivity index (χ3v) is 4.11. The van der Waals surface area contributed by atoms with Crippen LogP contribution < -0.4 is 5.73 Å². The first-order chi connectivity index (χ1) is 8.89. The van der Waals surface area contributed by atoms with Crippen LogP contribution in [0.3, 0.4) is 0 Å². The van der Waals surface area contributed by atoms with Crippen molar-refractivity contribution in [3.63, 3.8) is 0 Å². The Morgan fingerprint density at radius 2 is 1.95 bits per heavy atom. The summed E-state index contributed by atoms with van der Waals surface area (Å²) in [7, 11) is 0. The van der Waals surface area contributed by atoms with Crippen molar-refractivity contribution < 1.29 is 13.2 Å². The standard InChI is InChI=1S/C14H15BrF3N/c15-12-7-6-10(14(16,17)18)8-11(12)13(19)9-4-2-1-3-5-9/h4,6-8,13H,1-3,5,19H2. The summed E-state index contributed by atoms with van der Waals surface area (Å²) in [4.78, 5) is 0. The quantitative estimate of drug-likeness (QED) is 0.760.